The molecule has 0 amide bonds. The van der Waals surface area contributed by atoms with Crippen LogP contribution in [0.3, 0.4) is 0 Å². The van der Waals surface area contributed by atoms with Gasteiger partial charge in [-0.05, 0) is 57.5 Å². The van der Waals surface area contributed by atoms with Crippen LogP contribution < -0.4 is 10.2 Å². The number of likely N-dealkylation sites (N-methyl/N-ethyl adjacent to an activating group) is 1. The number of nitrogens with one attached hydrogen (secondary N) is 1. The first-order chi connectivity index (χ1) is 10.1. The smallest absolute Gasteiger partial charge is 0.146 e. The molecule has 3 nitrogen and oxygen atoms in total. The van der Waals surface area contributed by atoms with Crippen molar-refractivity contribution < 1.29 is 4.39 Å². The summed E-state index contributed by atoms with van der Waals surface area (Å²) < 4.78 is 14.5. The molecule has 1 aromatic rings. The maximum Gasteiger partial charge on any atom is 0.146 e. The molecule has 4 heteroatoms. The molecular weight excluding hydrogens is 265 g/mol. The lowest BCUT2D eigenvalue weighted by atomic mass is 10.1. The highest BCUT2D eigenvalue weighted by Crippen LogP contribution is 2.25. The van der Waals surface area contributed by atoms with Crippen LogP contribution in [0.2, 0.25) is 0 Å². The highest BCUT2D eigenvalue weighted by molar-refractivity contribution is 5.50. The van der Waals surface area contributed by atoms with Crippen LogP contribution in [0.15, 0.2) is 18.2 Å². The summed E-state index contributed by atoms with van der Waals surface area (Å²) in [6, 6.07) is 6.73. The van der Waals surface area contributed by atoms with Crippen molar-refractivity contribution in [3.05, 3.63) is 29.6 Å². The van der Waals surface area contributed by atoms with Crippen molar-refractivity contribution in [3.63, 3.8) is 0 Å². The van der Waals surface area contributed by atoms with Crippen molar-refractivity contribution in [2.24, 2.45) is 0 Å². The average Bonchev–Trinajstić information content (AvgIpc) is 3.26. The van der Waals surface area contributed by atoms with Crippen LogP contribution in [0.1, 0.15) is 31.7 Å². The largest absolute Gasteiger partial charge is 0.365 e. The molecule has 3 rings (SSSR count). The quantitative estimate of drug-likeness (QED) is 0.920. The first kappa shape index (κ1) is 14.8. The number of halogens is 1. The Hall–Kier alpha value is -1.13. The van der Waals surface area contributed by atoms with Gasteiger partial charge in [0.1, 0.15) is 5.82 Å². The molecular formula is C17H26FN3. The fraction of sp³-hybridized carbons (Fsp3) is 0.647. The van der Waals surface area contributed by atoms with Crippen LogP contribution in [-0.4, -0.2) is 43.7 Å². The van der Waals surface area contributed by atoms with Gasteiger partial charge in [0.25, 0.3) is 0 Å². The minimum Gasteiger partial charge on any atom is -0.365 e. The standard InChI is InChI=1S/C17H26FN3/c1-13-12-20(2)8-3-9-21(13)17-7-4-14(10-16(17)18)11-19-15-5-6-15/h4,7,10,13,15,19H,3,5-6,8-9,11-12H2,1-2H3. The Labute approximate surface area is 127 Å². The molecule has 1 N–H and O–H groups in total. The van der Waals surface area contributed by atoms with E-state index in [0.29, 0.717) is 12.1 Å². The molecule has 2 fully saturated rings. The van der Waals surface area contributed by atoms with E-state index in [1.165, 1.54) is 12.8 Å². The van der Waals surface area contributed by atoms with Crippen LogP contribution in [0.25, 0.3) is 0 Å². The summed E-state index contributed by atoms with van der Waals surface area (Å²) in [5.41, 5.74) is 1.80. The van der Waals surface area contributed by atoms with Crippen LogP contribution in [0.5, 0.6) is 0 Å². The van der Waals surface area contributed by atoms with Gasteiger partial charge < -0.3 is 15.1 Å². The number of rotatable bonds is 4. The van der Waals surface area contributed by atoms with Crippen LogP contribution in [-0.2, 0) is 6.54 Å². The van der Waals surface area contributed by atoms with Gasteiger partial charge >= 0.3 is 0 Å². The minimum atomic E-state index is -0.0819. The molecule has 1 heterocycles. The van der Waals surface area contributed by atoms with E-state index in [2.05, 4.69) is 35.2 Å². The zero-order valence-electron chi connectivity index (χ0n) is 13.1. The lowest BCUT2D eigenvalue weighted by Gasteiger charge is -2.30. The lowest BCUT2D eigenvalue weighted by molar-refractivity contribution is 0.337. The van der Waals surface area contributed by atoms with Crippen molar-refractivity contribution >= 4 is 5.69 Å². The van der Waals surface area contributed by atoms with Crippen molar-refractivity contribution in [1.82, 2.24) is 10.2 Å². The molecule has 1 aliphatic carbocycles. The molecule has 1 unspecified atom stereocenters. The molecule has 2 aliphatic rings. The van der Waals surface area contributed by atoms with Crippen molar-refractivity contribution in [2.75, 3.05) is 31.6 Å². The highest BCUT2D eigenvalue weighted by Gasteiger charge is 2.23. The molecule has 21 heavy (non-hydrogen) atoms. The molecule has 0 aromatic heterocycles. The van der Waals surface area contributed by atoms with Gasteiger partial charge in [-0.25, -0.2) is 4.39 Å². The molecule has 1 aromatic carbocycles. The number of hydrogen-bond acceptors (Lipinski definition) is 3. The number of anilines is 1. The minimum absolute atomic E-state index is 0.0819. The van der Waals surface area contributed by atoms with Gasteiger partial charge in [-0.2, -0.15) is 0 Å². The number of benzene rings is 1. The van der Waals surface area contributed by atoms with Gasteiger partial charge in [0, 0.05) is 31.7 Å². The van der Waals surface area contributed by atoms with Gasteiger partial charge in [0.15, 0.2) is 0 Å². The Kier molecular flexibility index (Phi) is 4.45. The van der Waals surface area contributed by atoms with Crippen molar-refractivity contribution in [3.8, 4) is 0 Å². The Morgan fingerprint density at radius 1 is 1.29 bits per heavy atom. The van der Waals surface area contributed by atoms with E-state index in [0.717, 1.165) is 43.9 Å². The average molecular weight is 291 g/mol. The fourth-order valence-corrected chi connectivity index (χ4v) is 3.17. The van der Waals surface area contributed by atoms with E-state index >= 15 is 0 Å². The molecule has 1 atom stereocenters. The fourth-order valence-electron chi connectivity index (χ4n) is 3.17. The molecule has 0 bridgehead atoms. The third-order valence-electron chi connectivity index (χ3n) is 4.54. The Morgan fingerprint density at radius 2 is 2.10 bits per heavy atom. The molecule has 0 radical (unpaired) electrons. The Balaban J connectivity index is 1.71. The predicted molar refractivity (Wildman–Crippen MR) is 85.2 cm³/mol. The monoisotopic (exact) mass is 291 g/mol. The first-order valence-electron chi connectivity index (χ1n) is 8.10. The normalized spacial score (nSPS) is 24.1. The number of hydrogen-bond donors (Lipinski definition) is 1. The second kappa shape index (κ2) is 6.32. The number of nitrogens with zero attached hydrogens (tertiary/aromatic N) is 2. The Bertz CT molecular complexity index is 487. The zero-order valence-corrected chi connectivity index (χ0v) is 13.1. The summed E-state index contributed by atoms with van der Waals surface area (Å²) in [5.74, 6) is -0.0819. The van der Waals surface area contributed by atoms with E-state index in [-0.39, 0.29) is 5.82 Å². The third-order valence-corrected chi connectivity index (χ3v) is 4.54. The second-order valence-corrected chi connectivity index (χ2v) is 6.60. The maximum absolute atomic E-state index is 14.5. The molecule has 116 valence electrons. The highest BCUT2D eigenvalue weighted by atomic mass is 19.1. The van der Waals surface area contributed by atoms with Gasteiger partial charge in [0.05, 0.1) is 5.69 Å². The first-order valence-corrected chi connectivity index (χ1v) is 8.10. The van der Waals surface area contributed by atoms with Gasteiger partial charge in [0.2, 0.25) is 0 Å². The SMILES string of the molecule is CC1CN(C)CCCN1c1ccc(CNC2CC2)cc1F. The van der Waals surface area contributed by atoms with Gasteiger partial charge in [-0.1, -0.05) is 6.07 Å². The molecule has 1 saturated carbocycles. The zero-order chi connectivity index (χ0) is 14.8. The van der Waals surface area contributed by atoms with Crippen molar-refractivity contribution in [2.45, 2.75) is 44.8 Å². The topological polar surface area (TPSA) is 18.5 Å². The third kappa shape index (κ3) is 3.74. The molecule has 0 spiro atoms. The summed E-state index contributed by atoms with van der Waals surface area (Å²) in [6.07, 6.45) is 3.62. The van der Waals surface area contributed by atoms with E-state index in [9.17, 15) is 4.39 Å². The van der Waals surface area contributed by atoms with E-state index in [1.807, 2.05) is 6.07 Å². The van der Waals surface area contributed by atoms with E-state index in [4.69, 9.17) is 0 Å². The summed E-state index contributed by atoms with van der Waals surface area (Å²) >= 11 is 0. The summed E-state index contributed by atoms with van der Waals surface area (Å²) in [4.78, 5) is 4.55. The summed E-state index contributed by atoms with van der Waals surface area (Å²) in [6.45, 7) is 5.97. The van der Waals surface area contributed by atoms with Crippen LogP contribution in [0, 0.1) is 5.82 Å². The molecule has 1 saturated heterocycles. The predicted octanol–water partition coefficient (Wildman–Crippen LogP) is 2.61. The molecule has 1 aliphatic heterocycles. The van der Waals surface area contributed by atoms with Gasteiger partial charge in [-0.3, -0.25) is 0 Å². The van der Waals surface area contributed by atoms with Crippen LogP contribution >= 0.6 is 0 Å². The lowest BCUT2D eigenvalue weighted by Crippen LogP contribution is -2.38. The van der Waals surface area contributed by atoms with Crippen molar-refractivity contribution in [1.29, 1.82) is 0 Å². The Morgan fingerprint density at radius 3 is 2.81 bits per heavy atom. The second-order valence-electron chi connectivity index (χ2n) is 6.60. The van der Waals surface area contributed by atoms with Crippen LogP contribution in [0.4, 0.5) is 10.1 Å². The summed E-state index contributed by atoms with van der Waals surface area (Å²) in [5, 5.41) is 3.44. The van der Waals surface area contributed by atoms with Gasteiger partial charge in [-0.15, -0.1) is 0 Å². The van der Waals surface area contributed by atoms with E-state index < -0.39 is 0 Å². The maximum atomic E-state index is 14.5. The summed E-state index contributed by atoms with van der Waals surface area (Å²) in [7, 11) is 2.14. The van der Waals surface area contributed by atoms with E-state index in [1.54, 1.807) is 6.07 Å².